The van der Waals surface area contributed by atoms with Gasteiger partial charge in [0.1, 0.15) is 12.3 Å². The number of hydrogen-bond donors (Lipinski definition) is 0. The molecule has 37 heavy (non-hydrogen) atoms. The zero-order chi connectivity index (χ0) is 26.1. The molecule has 0 aliphatic rings. The van der Waals surface area contributed by atoms with Gasteiger partial charge in [-0.1, -0.05) is 78.9 Å². The highest BCUT2D eigenvalue weighted by Gasteiger charge is 2.29. The Morgan fingerprint density at radius 1 is 0.703 bits per heavy atom. The Bertz CT molecular complexity index is 1340. The Morgan fingerprint density at radius 2 is 1.19 bits per heavy atom. The molecule has 0 bridgehead atoms. The molecular formula is C30H30N2O4S. The van der Waals surface area contributed by atoms with Gasteiger partial charge in [0, 0.05) is 13.1 Å². The zero-order valence-electron chi connectivity index (χ0n) is 20.7. The predicted molar refractivity (Wildman–Crippen MR) is 146 cm³/mol. The number of amides is 1. The lowest BCUT2D eigenvalue weighted by Gasteiger charge is -2.29. The average Bonchev–Trinajstić information content (AvgIpc) is 2.93. The molecule has 0 atom stereocenters. The number of anilines is 1. The van der Waals surface area contributed by atoms with Gasteiger partial charge in [-0.3, -0.25) is 9.10 Å². The Morgan fingerprint density at radius 3 is 1.68 bits per heavy atom. The van der Waals surface area contributed by atoms with Gasteiger partial charge in [-0.05, 0) is 54.4 Å². The van der Waals surface area contributed by atoms with Gasteiger partial charge in [-0.25, -0.2) is 8.42 Å². The number of nitrogens with zero attached hydrogens (tertiary/aromatic N) is 2. The molecule has 4 aromatic carbocycles. The molecular weight excluding hydrogens is 484 g/mol. The minimum atomic E-state index is -4.01. The summed E-state index contributed by atoms with van der Waals surface area (Å²) >= 11 is 0. The fraction of sp³-hybridized carbons (Fsp3) is 0.167. The first-order valence-electron chi connectivity index (χ1n) is 12.1. The van der Waals surface area contributed by atoms with Crippen LogP contribution in [0.25, 0.3) is 0 Å². The Kier molecular flexibility index (Phi) is 8.59. The summed E-state index contributed by atoms with van der Waals surface area (Å²) in [6.45, 7) is 2.75. The summed E-state index contributed by atoms with van der Waals surface area (Å²) in [5.74, 6) is 0.325. The molecule has 4 rings (SSSR count). The lowest BCUT2D eigenvalue weighted by atomic mass is 10.1. The van der Waals surface area contributed by atoms with Crippen molar-refractivity contribution in [2.24, 2.45) is 0 Å². The van der Waals surface area contributed by atoms with Gasteiger partial charge in [0.25, 0.3) is 10.0 Å². The van der Waals surface area contributed by atoms with Crippen LogP contribution in [0.2, 0.25) is 0 Å². The summed E-state index contributed by atoms with van der Waals surface area (Å²) in [5.41, 5.74) is 2.32. The van der Waals surface area contributed by atoms with E-state index in [0.717, 1.165) is 11.1 Å². The summed E-state index contributed by atoms with van der Waals surface area (Å²) in [5, 5.41) is 0. The molecule has 0 unspecified atom stereocenters. The lowest BCUT2D eigenvalue weighted by molar-refractivity contribution is -0.130. The molecule has 4 aromatic rings. The largest absolute Gasteiger partial charge is 0.494 e. The van der Waals surface area contributed by atoms with Gasteiger partial charge in [-0.2, -0.15) is 0 Å². The van der Waals surface area contributed by atoms with E-state index in [9.17, 15) is 13.2 Å². The molecule has 0 saturated heterocycles. The molecule has 7 heteroatoms. The number of rotatable bonds is 11. The molecule has 6 nitrogen and oxygen atoms in total. The number of carbonyl (C=O) groups excluding carboxylic acids is 1. The Hall–Kier alpha value is -4.10. The first-order valence-corrected chi connectivity index (χ1v) is 13.6. The van der Waals surface area contributed by atoms with Gasteiger partial charge in [0.2, 0.25) is 5.91 Å². The lowest BCUT2D eigenvalue weighted by Crippen LogP contribution is -2.42. The first kappa shape index (κ1) is 26.0. The second-order valence-corrected chi connectivity index (χ2v) is 10.3. The highest BCUT2D eigenvalue weighted by molar-refractivity contribution is 7.92. The highest BCUT2D eigenvalue weighted by Crippen LogP contribution is 2.26. The van der Waals surface area contributed by atoms with Gasteiger partial charge >= 0.3 is 0 Å². The van der Waals surface area contributed by atoms with Crippen LogP contribution in [-0.4, -0.2) is 32.4 Å². The van der Waals surface area contributed by atoms with Crippen LogP contribution in [0.4, 0.5) is 5.69 Å². The SMILES string of the molecule is CCOc1ccc(N(CC(=O)N(Cc2ccccc2)Cc2ccccc2)S(=O)(=O)c2ccccc2)cc1. The second kappa shape index (κ2) is 12.2. The van der Waals surface area contributed by atoms with Gasteiger partial charge in [0.05, 0.1) is 17.2 Å². The van der Waals surface area contributed by atoms with Crippen molar-refractivity contribution in [1.29, 1.82) is 0 Å². The number of ether oxygens (including phenoxy) is 1. The zero-order valence-corrected chi connectivity index (χ0v) is 21.6. The van der Waals surface area contributed by atoms with Crippen LogP contribution in [0.1, 0.15) is 18.1 Å². The molecule has 0 saturated carbocycles. The summed E-state index contributed by atoms with van der Waals surface area (Å²) in [7, 11) is -4.01. The van der Waals surface area contributed by atoms with Crippen LogP contribution >= 0.6 is 0 Å². The van der Waals surface area contributed by atoms with E-state index < -0.39 is 10.0 Å². The standard InChI is InChI=1S/C30H30N2O4S/c1-2-36-28-20-18-27(19-21-28)32(37(34,35)29-16-10-5-11-17-29)24-30(33)31(22-25-12-6-3-7-13-25)23-26-14-8-4-9-15-26/h3-21H,2,22-24H2,1H3. The van der Waals surface area contributed by atoms with E-state index in [1.165, 1.54) is 16.4 Å². The first-order chi connectivity index (χ1) is 18.0. The quantitative estimate of drug-likeness (QED) is 0.265. The third kappa shape index (κ3) is 6.77. The highest BCUT2D eigenvalue weighted by atomic mass is 32.2. The van der Waals surface area contributed by atoms with E-state index in [2.05, 4.69) is 0 Å². The molecule has 0 fully saturated rings. The molecule has 0 heterocycles. The molecule has 0 aliphatic carbocycles. The number of hydrogen-bond acceptors (Lipinski definition) is 4. The second-order valence-electron chi connectivity index (χ2n) is 8.47. The molecule has 190 valence electrons. The molecule has 0 N–H and O–H groups in total. The smallest absolute Gasteiger partial charge is 0.264 e. The van der Waals surface area contributed by atoms with Crippen LogP contribution in [0.5, 0.6) is 5.75 Å². The van der Waals surface area contributed by atoms with E-state index in [4.69, 9.17) is 4.74 Å². The molecule has 0 aromatic heterocycles. The molecule has 1 amide bonds. The summed E-state index contributed by atoms with van der Waals surface area (Å²) in [4.78, 5) is 15.6. The van der Waals surface area contributed by atoms with Crippen LogP contribution in [0.15, 0.2) is 120 Å². The van der Waals surface area contributed by atoms with Crippen molar-refractivity contribution in [1.82, 2.24) is 4.90 Å². The maximum atomic E-state index is 13.8. The van der Waals surface area contributed by atoms with Crippen LogP contribution < -0.4 is 9.04 Å². The van der Waals surface area contributed by atoms with Gasteiger partial charge in [0.15, 0.2) is 0 Å². The van der Waals surface area contributed by atoms with Crippen molar-refractivity contribution in [3.8, 4) is 5.75 Å². The maximum absolute atomic E-state index is 13.8. The fourth-order valence-electron chi connectivity index (χ4n) is 3.97. The van der Waals surface area contributed by atoms with Crippen molar-refractivity contribution < 1.29 is 17.9 Å². The Labute approximate surface area is 218 Å². The average molecular weight is 515 g/mol. The van der Waals surface area contributed by atoms with Crippen molar-refractivity contribution in [3.05, 3.63) is 126 Å². The van der Waals surface area contributed by atoms with E-state index in [1.807, 2.05) is 67.6 Å². The normalized spacial score (nSPS) is 11.1. The third-order valence-corrected chi connectivity index (χ3v) is 7.62. The number of benzene rings is 4. The predicted octanol–water partition coefficient (Wildman–Crippen LogP) is 5.51. The molecule has 0 aliphatic heterocycles. The van der Waals surface area contributed by atoms with E-state index in [-0.39, 0.29) is 17.3 Å². The van der Waals surface area contributed by atoms with Crippen molar-refractivity contribution >= 4 is 21.6 Å². The topological polar surface area (TPSA) is 66.9 Å². The summed E-state index contributed by atoms with van der Waals surface area (Å²) in [6, 6.07) is 34.3. The van der Waals surface area contributed by atoms with Crippen molar-refractivity contribution in [2.45, 2.75) is 24.9 Å². The third-order valence-electron chi connectivity index (χ3n) is 5.83. The van der Waals surface area contributed by atoms with E-state index in [0.29, 0.717) is 31.1 Å². The van der Waals surface area contributed by atoms with Gasteiger partial charge < -0.3 is 9.64 Å². The molecule has 0 radical (unpaired) electrons. The minimum Gasteiger partial charge on any atom is -0.494 e. The summed E-state index contributed by atoms with van der Waals surface area (Å²) in [6.07, 6.45) is 0. The summed E-state index contributed by atoms with van der Waals surface area (Å²) < 4.78 is 34.2. The Balaban J connectivity index is 1.68. The monoisotopic (exact) mass is 514 g/mol. The number of sulfonamides is 1. The van der Waals surface area contributed by atoms with Crippen LogP contribution in [0.3, 0.4) is 0 Å². The van der Waals surface area contributed by atoms with Crippen molar-refractivity contribution in [3.63, 3.8) is 0 Å². The van der Waals surface area contributed by atoms with Crippen LogP contribution in [-0.2, 0) is 27.9 Å². The maximum Gasteiger partial charge on any atom is 0.264 e. The molecule has 0 spiro atoms. The minimum absolute atomic E-state index is 0.120. The van der Waals surface area contributed by atoms with E-state index >= 15 is 0 Å². The van der Waals surface area contributed by atoms with Gasteiger partial charge in [-0.15, -0.1) is 0 Å². The van der Waals surface area contributed by atoms with Crippen LogP contribution in [0, 0.1) is 0 Å². The fourth-order valence-corrected chi connectivity index (χ4v) is 5.41. The number of carbonyl (C=O) groups is 1. The van der Waals surface area contributed by atoms with Crippen molar-refractivity contribution in [2.75, 3.05) is 17.5 Å². The van der Waals surface area contributed by atoms with E-state index in [1.54, 1.807) is 47.4 Å².